The molecule has 0 aliphatic carbocycles. The first kappa shape index (κ1) is 13.7. The SMILES string of the molecule is CNC(=O)c1ccc(NCC2COC(C)(C)O2)nn1. The van der Waals surface area contributed by atoms with Crippen molar-refractivity contribution in [3.8, 4) is 0 Å². The van der Waals surface area contributed by atoms with Gasteiger partial charge in [-0.15, -0.1) is 10.2 Å². The van der Waals surface area contributed by atoms with Gasteiger partial charge in [0, 0.05) is 13.6 Å². The number of carbonyl (C=O) groups is 1. The molecular weight excluding hydrogens is 248 g/mol. The molecule has 7 nitrogen and oxygen atoms in total. The second-order valence-corrected chi connectivity index (χ2v) is 4.71. The van der Waals surface area contributed by atoms with Crippen molar-refractivity contribution >= 4 is 11.7 Å². The van der Waals surface area contributed by atoms with Crippen molar-refractivity contribution in [2.45, 2.75) is 25.7 Å². The number of hydrogen-bond donors (Lipinski definition) is 2. The number of ether oxygens (including phenoxy) is 2. The van der Waals surface area contributed by atoms with Crippen LogP contribution in [-0.2, 0) is 9.47 Å². The van der Waals surface area contributed by atoms with Gasteiger partial charge in [-0.25, -0.2) is 0 Å². The maximum Gasteiger partial charge on any atom is 0.271 e. The number of amides is 1. The van der Waals surface area contributed by atoms with Gasteiger partial charge in [0.15, 0.2) is 11.5 Å². The lowest BCUT2D eigenvalue weighted by atomic mass is 10.3. The van der Waals surface area contributed by atoms with E-state index in [1.165, 1.54) is 0 Å². The van der Waals surface area contributed by atoms with Crippen molar-refractivity contribution in [1.29, 1.82) is 0 Å². The van der Waals surface area contributed by atoms with E-state index in [1.54, 1.807) is 19.2 Å². The van der Waals surface area contributed by atoms with Crippen LogP contribution < -0.4 is 10.6 Å². The molecule has 1 unspecified atom stereocenters. The van der Waals surface area contributed by atoms with Gasteiger partial charge in [0.2, 0.25) is 0 Å². The quantitative estimate of drug-likeness (QED) is 0.820. The first-order valence-electron chi connectivity index (χ1n) is 6.11. The third kappa shape index (κ3) is 3.62. The van der Waals surface area contributed by atoms with Gasteiger partial charge < -0.3 is 20.1 Å². The molecule has 1 aliphatic rings. The molecule has 1 aliphatic heterocycles. The molecule has 1 aromatic heterocycles. The summed E-state index contributed by atoms with van der Waals surface area (Å²) in [6.45, 7) is 4.89. The number of anilines is 1. The number of carbonyl (C=O) groups excluding carboxylic acids is 1. The molecule has 0 bridgehead atoms. The molecule has 2 N–H and O–H groups in total. The summed E-state index contributed by atoms with van der Waals surface area (Å²) in [6.07, 6.45) is -0.0181. The van der Waals surface area contributed by atoms with Gasteiger partial charge in [-0.05, 0) is 26.0 Å². The third-order valence-corrected chi connectivity index (χ3v) is 2.70. The molecule has 0 aromatic carbocycles. The van der Waals surface area contributed by atoms with E-state index in [-0.39, 0.29) is 17.7 Å². The number of rotatable bonds is 4. The minimum absolute atomic E-state index is 0.0181. The van der Waals surface area contributed by atoms with E-state index >= 15 is 0 Å². The first-order chi connectivity index (χ1) is 9.00. The number of nitrogens with one attached hydrogen (secondary N) is 2. The van der Waals surface area contributed by atoms with Crippen LogP contribution in [0.15, 0.2) is 12.1 Å². The topological polar surface area (TPSA) is 85.4 Å². The highest BCUT2D eigenvalue weighted by Gasteiger charge is 2.32. The predicted octanol–water partition coefficient (Wildman–Crippen LogP) is 0.400. The van der Waals surface area contributed by atoms with Crippen molar-refractivity contribution in [1.82, 2.24) is 15.5 Å². The molecule has 1 saturated heterocycles. The molecular formula is C12H18N4O3. The van der Waals surface area contributed by atoms with Crippen LogP contribution in [0.2, 0.25) is 0 Å². The van der Waals surface area contributed by atoms with Crippen LogP contribution >= 0.6 is 0 Å². The Morgan fingerprint density at radius 3 is 2.79 bits per heavy atom. The molecule has 2 heterocycles. The Kier molecular flexibility index (Phi) is 3.96. The smallest absolute Gasteiger partial charge is 0.271 e. The lowest BCUT2D eigenvalue weighted by molar-refractivity contribution is -0.136. The maximum atomic E-state index is 11.3. The minimum Gasteiger partial charge on any atom is -0.366 e. The summed E-state index contributed by atoms with van der Waals surface area (Å²) >= 11 is 0. The zero-order valence-corrected chi connectivity index (χ0v) is 11.3. The zero-order chi connectivity index (χ0) is 13.9. The van der Waals surface area contributed by atoms with Crippen molar-refractivity contribution in [3.63, 3.8) is 0 Å². The number of hydrogen-bond acceptors (Lipinski definition) is 6. The van der Waals surface area contributed by atoms with Gasteiger partial charge in [0.25, 0.3) is 5.91 Å². The number of nitrogens with zero attached hydrogens (tertiary/aromatic N) is 2. The Morgan fingerprint density at radius 2 is 2.26 bits per heavy atom. The van der Waals surface area contributed by atoms with Crippen molar-refractivity contribution in [2.24, 2.45) is 0 Å². The Balaban J connectivity index is 1.85. The van der Waals surface area contributed by atoms with Gasteiger partial charge in [-0.3, -0.25) is 4.79 Å². The van der Waals surface area contributed by atoms with E-state index < -0.39 is 5.79 Å². The average Bonchev–Trinajstić information content (AvgIpc) is 2.76. The van der Waals surface area contributed by atoms with Crippen LogP contribution in [0.4, 0.5) is 5.82 Å². The molecule has 104 valence electrons. The van der Waals surface area contributed by atoms with E-state index in [1.807, 2.05) is 13.8 Å². The largest absolute Gasteiger partial charge is 0.366 e. The van der Waals surface area contributed by atoms with E-state index in [0.29, 0.717) is 19.0 Å². The van der Waals surface area contributed by atoms with E-state index in [0.717, 1.165) is 0 Å². The zero-order valence-electron chi connectivity index (χ0n) is 11.3. The summed E-state index contributed by atoms with van der Waals surface area (Å²) in [5.74, 6) is -0.185. The number of aromatic nitrogens is 2. The fraction of sp³-hybridized carbons (Fsp3) is 0.583. The van der Waals surface area contributed by atoms with E-state index in [9.17, 15) is 4.79 Å². The van der Waals surface area contributed by atoms with Crippen molar-refractivity contribution in [3.05, 3.63) is 17.8 Å². The molecule has 1 amide bonds. The van der Waals surface area contributed by atoms with Gasteiger partial charge in [-0.2, -0.15) is 0 Å². The Labute approximate surface area is 111 Å². The second-order valence-electron chi connectivity index (χ2n) is 4.71. The molecule has 1 aromatic rings. The van der Waals surface area contributed by atoms with E-state index in [4.69, 9.17) is 9.47 Å². The third-order valence-electron chi connectivity index (χ3n) is 2.70. The molecule has 0 radical (unpaired) electrons. The van der Waals surface area contributed by atoms with Gasteiger partial charge in [-0.1, -0.05) is 0 Å². The summed E-state index contributed by atoms with van der Waals surface area (Å²) in [4.78, 5) is 11.3. The van der Waals surface area contributed by atoms with Crippen LogP contribution in [0, 0.1) is 0 Å². The molecule has 1 fully saturated rings. The second kappa shape index (κ2) is 5.50. The van der Waals surface area contributed by atoms with Crippen LogP contribution in [0.25, 0.3) is 0 Å². The molecule has 7 heteroatoms. The highest BCUT2D eigenvalue weighted by molar-refractivity contribution is 5.91. The summed E-state index contributed by atoms with van der Waals surface area (Å²) < 4.78 is 11.1. The first-order valence-corrected chi connectivity index (χ1v) is 6.11. The van der Waals surface area contributed by atoms with Crippen molar-refractivity contribution < 1.29 is 14.3 Å². The lowest BCUT2D eigenvalue weighted by Gasteiger charge is -2.17. The fourth-order valence-corrected chi connectivity index (χ4v) is 1.76. The van der Waals surface area contributed by atoms with Crippen molar-refractivity contribution in [2.75, 3.05) is 25.5 Å². The molecule has 1 atom stereocenters. The normalized spacial score (nSPS) is 21.1. The summed E-state index contributed by atoms with van der Waals surface area (Å²) in [6, 6.07) is 3.32. The lowest BCUT2D eigenvalue weighted by Crippen LogP contribution is -2.26. The van der Waals surface area contributed by atoms with Crippen LogP contribution in [0.5, 0.6) is 0 Å². The van der Waals surface area contributed by atoms with Gasteiger partial charge >= 0.3 is 0 Å². The van der Waals surface area contributed by atoms with Crippen LogP contribution in [0.3, 0.4) is 0 Å². The highest BCUT2D eigenvalue weighted by Crippen LogP contribution is 2.22. The fourth-order valence-electron chi connectivity index (χ4n) is 1.76. The minimum atomic E-state index is -0.527. The molecule has 19 heavy (non-hydrogen) atoms. The highest BCUT2D eigenvalue weighted by atomic mass is 16.7. The summed E-state index contributed by atoms with van der Waals surface area (Å²) in [5, 5.41) is 13.3. The Morgan fingerprint density at radius 1 is 1.47 bits per heavy atom. The summed E-state index contributed by atoms with van der Waals surface area (Å²) in [7, 11) is 1.55. The monoisotopic (exact) mass is 266 g/mol. The van der Waals surface area contributed by atoms with Crippen LogP contribution in [-0.4, -0.2) is 48.2 Å². The molecule has 0 saturated carbocycles. The van der Waals surface area contributed by atoms with Gasteiger partial charge in [0.05, 0.1) is 6.61 Å². The average molecular weight is 266 g/mol. The van der Waals surface area contributed by atoms with Gasteiger partial charge in [0.1, 0.15) is 11.9 Å². The maximum absolute atomic E-state index is 11.3. The van der Waals surface area contributed by atoms with Crippen LogP contribution in [0.1, 0.15) is 24.3 Å². The Bertz CT molecular complexity index is 447. The predicted molar refractivity (Wildman–Crippen MR) is 68.8 cm³/mol. The molecule has 0 spiro atoms. The summed E-state index contributed by atoms with van der Waals surface area (Å²) in [5.41, 5.74) is 0.287. The molecule has 2 rings (SSSR count). The standard InChI is InChI=1S/C12H18N4O3/c1-12(2)18-7-8(19-12)6-14-10-5-4-9(15-16-10)11(17)13-3/h4-5,8H,6-7H2,1-3H3,(H,13,17)(H,14,16). The Hall–Kier alpha value is -1.73. The van der Waals surface area contributed by atoms with E-state index in [2.05, 4.69) is 20.8 Å².